The molecule has 3 nitrogen and oxygen atoms in total. The predicted octanol–water partition coefficient (Wildman–Crippen LogP) is 13.8. The highest BCUT2D eigenvalue weighted by Gasteiger charge is 2.38. The molecule has 9 rings (SSSR count). The van der Waals surface area contributed by atoms with Gasteiger partial charge in [-0.3, -0.25) is 0 Å². The van der Waals surface area contributed by atoms with Gasteiger partial charge < -0.3 is 9.80 Å². The molecule has 0 unspecified atom stereocenters. The molecule has 0 fully saturated rings. The minimum atomic E-state index is -0.296. The Morgan fingerprint density at radius 1 is 0.431 bits per heavy atom. The highest BCUT2D eigenvalue weighted by Crippen LogP contribution is 2.56. The highest BCUT2D eigenvalue weighted by molar-refractivity contribution is 6.09. The summed E-state index contributed by atoms with van der Waals surface area (Å²) in [5.41, 5.74) is 11.7. The summed E-state index contributed by atoms with van der Waals surface area (Å²) >= 11 is 0. The third kappa shape index (κ3) is 5.04. The molecule has 242 valence electrons. The second-order valence-electron chi connectivity index (χ2n) is 13.7. The molecule has 0 saturated carbocycles. The molecule has 0 aromatic heterocycles. The van der Waals surface area contributed by atoms with Gasteiger partial charge in [-0.05, 0) is 129 Å². The van der Waals surface area contributed by atoms with Crippen LogP contribution in [-0.4, -0.2) is 0 Å². The van der Waals surface area contributed by atoms with Gasteiger partial charge in [0.25, 0.3) is 0 Å². The average molecular weight is 654 g/mol. The van der Waals surface area contributed by atoms with E-state index in [1.165, 1.54) is 16.5 Å². The van der Waals surface area contributed by atoms with Crippen molar-refractivity contribution in [2.24, 2.45) is 0 Å². The summed E-state index contributed by atoms with van der Waals surface area (Å²) in [5, 5.41) is 4.40. The summed E-state index contributed by atoms with van der Waals surface area (Å²) in [7, 11) is 0. The molecule has 0 N–H and O–H groups in total. The van der Waals surface area contributed by atoms with E-state index in [-0.39, 0.29) is 5.41 Å². The van der Waals surface area contributed by atoms with Gasteiger partial charge in [-0.1, -0.05) is 105 Å². The highest BCUT2D eigenvalue weighted by atomic mass is 15.1. The molecule has 0 radical (unpaired) electrons. The summed E-state index contributed by atoms with van der Waals surface area (Å²) in [5.74, 6) is 0. The Morgan fingerprint density at radius 2 is 0.882 bits per heavy atom. The SMILES string of the molecule is [C-]#[N+]c1c2c(cc3cc(N(c4ccccc4)c4ccccc4)ccc13)C(C)(C)c1cc3cc(N(c4ccccc4)c4ccccc4)ccc3cc1-2. The molecule has 0 aliphatic heterocycles. The molecule has 1 aliphatic carbocycles. The first kappa shape index (κ1) is 30.4. The molecule has 3 heteroatoms. The molecule has 0 amide bonds. The second-order valence-corrected chi connectivity index (χ2v) is 13.7. The van der Waals surface area contributed by atoms with Gasteiger partial charge in [-0.15, -0.1) is 0 Å². The summed E-state index contributed by atoms with van der Waals surface area (Å²) < 4.78 is 0. The zero-order chi connectivity index (χ0) is 34.5. The van der Waals surface area contributed by atoms with Crippen LogP contribution in [0, 0.1) is 6.57 Å². The van der Waals surface area contributed by atoms with E-state index in [4.69, 9.17) is 6.57 Å². The number of hydrogen-bond donors (Lipinski definition) is 0. The van der Waals surface area contributed by atoms with Crippen molar-refractivity contribution in [3.05, 3.63) is 198 Å². The van der Waals surface area contributed by atoms with Gasteiger partial charge in [0.05, 0.1) is 6.57 Å². The lowest BCUT2D eigenvalue weighted by molar-refractivity contribution is 0.662. The summed E-state index contributed by atoms with van der Waals surface area (Å²) in [6.45, 7) is 13.1. The minimum Gasteiger partial charge on any atom is -0.310 e. The summed E-state index contributed by atoms with van der Waals surface area (Å²) in [6.07, 6.45) is 0. The molecular weight excluding hydrogens is 619 g/mol. The lowest BCUT2D eigenvalue weighted by Crippen LogP contribution is -2.15. The Kier molecular flexibility index (Phi) is 7.19. The lowest BCUT2D eigenvalue weighted by Gasteiger charge is -2.26. The average Bonchev–Trinajstić information content (AvgIpc) is 3.39. The van der Waals surface area contributed by atoms with E-state index in [0.29, 0.717) is 0 Å². The normalized spacial score (nSPS) is 12.6. The maximum Gasteiger partial charge on any atom is 0.202 e. The van der Waals surface area contributed by atoms with Gasteiger partial charge >= 0.3 is 0 Å². The van der Waals surface area contributed by atoms with Crippen LogP contribution in [0.5, 0.6) is 0 Å². The summed E-state index contributed by atoms with van der Waals surface area (Å²) in [6, 6.07) is 62.3. The van der Waals surface area contributed by atoms with Crippen molar-refractivity contribution < 1.29 is 0 Å². The maximum atomic E-state index is 8.48. The number of anilines is 6. The topological polar surface area (TPSA) is 10.8 Å². The first-order chi connectivity index (χ1) is 25.0. The van der Waals surface area contributed by atoms with Crippen molar-refractivity contribution in [3.8, 4) is 11.1 Å². The van der Waals surface area contributed by atoms with Crippen LogP contribution in [0.1, 0.15) is 25.0 Å². The zero-order valence-electron chi connectivity index (χ0n) is 28.6. The van der Waals surface area contributed by atoms with Crippen LogP contribution in [0.4, 0.5) is 39.8 Å². The fourth-order valence-corrected chi connectivity index (χ4v) is 7.89. The standard InChI is InChI=1S/C48H35N3/c1-48(2)44-31-34-28-40(50(36-16-8-4-9-17-36)37-18-10-5-11-19-37)25-24-33(34)30-43(44)46-45(48)32-35-29-41(26-27-42(35)47(46)49-3)51(38-20-12-6-13-21-38)39-22-14-7-15-23-39/h4-32H,1-2H3. The molecule has 0 heterocycles. The Labute approximate surface area is 299 Å². The molecular formula is C48H35N3. The van der Waals surface area contributed by atoms with Gasteiger partial charge in [0.1, 0.15) is 0 Å². The van der Waals surface area contributed by atoms with Gasteiger partial charge in [-0.25, -0.2) is 4.85 Å². The molecule has 0 saturated heterocycles. The maximum absolute atomic E-state index is 8.48. The van der Waals surface area contributed by atoms with Crippen molar-refractivity contribution in [1.29, 1.82) is 0 Å². The van der Waals surface area contributed by atoms with Crippen LogP contribution in [0.2, 0.25) is 0 Å². The number of rotatable bonds is 6. The van der Waals surface area contributed by atoms with Crippen LogP contribution < -0.4 is 9.80 Å². The van der Waals surface area contributed by atoms with Crippen molar-refractivity contribution in [2.75, 3.05) is 9.80 Å². The number of nitrogens with zero attached hydrogens (tertiary/aromatic N) is 3. The number of fused-ring (bicyclic) bond motifs is 5. The first-order valence-corrected chi connectivity index (χ1v) is 17.4. The Morgan fingerprint density at radius 3 is 1.37 bits per heavy atom. The van der Waals surface area contributed by atoms with Crippen LogP contribution in [0.3, 0.4) is 0 Å². The quantitative estimate of drug-likeness (QED) is 0.165. The predicted molar refractivity (Wildman–Crippen MR) is 215 cm³/mol. The molecule has 0 atom stereocenters. The Balaban J connectivity index is 1.19. The largest absolute Gasteiger partial charge is 0.310 e. The third-order valence-electron chi connectivity index (χ3n) is 10.4. The summed E-state index contributed by atoms with van der Waals surface area (Å²) in [4.78, 5) is 8.83. The van der Waals surface area contributed by atoms with E-state index in [0.717, 1.165) is 67.1 Å². The van der Waals surface area contributed by atoms with E-state index in [9.17, 15) is 0 Å². The van der Waals surface area contributed by atoms with E-state index >= 15 is 0 Å². The Bertz CT molecular complexity index is 2530. The van der Waals surface area contributed by atoms with Gasteiger partial charge in [0.2, 0.25) is 5.69 Å². The monoisotopic (exact) mass is 653 g/mol. The smallest absolute Gasteiger partial charge is 0.202 e. The fourth-order valence-electron chi connectivity index (χ4n) is 7.89. The van der Waals surface area contributed by atoms with E-state index in [2.05, 4.69) is 192 Å². The molecule has 1 aliphatic rings. The Hall–Kier alpha value is -6.63. The number of hydrogen-bond acceptors (Lipinski definition) is 2. The van der Waals surface area contributed by atoms with E-state index < -0.39 is 0 Å². The fraction of sp³-hybridized carbons (Fsp3) is 0.0625. The van der Waals surface area contributed by atoms with E-state index in [1.807, 2.05) is 12.1 Å². The van der Waals surface area contributed by atoms with Crippen molar-refractivity contribution in [1.82, 2.24) is 0 Å². The van der Waals surface area contributed by atoms with Gasteiger partial charge in [-0.2, -0.15) is 0 Å². The lowest BCUT2D eigenvalue weighted by atomic mass is 9.81. The second kappa shape index (κ2) is 12.1. The van der Waals surface area contributed by atoms with Crippen molar-refractivity contribution >= 4 is 61.4 Å². The van der Waals surface area contributed by atoms with Crippen molar-refractivity contribution in [3.63, 3.8) is 0 Å². The number of benzene rings is 8. The third-order valence-corrected chi connectivity index (χ3v) is 10.4. The first-order valence-electron chi connectivity index (χ1n) is 17.4. The van der Waals surface area contributed by atoms with Crippen LogP contribution in [-0.2, 0) is 5.41 Å². The van der Waals surface area contributed by atoms with E-state index in [1.54, 1.807) is 0 Å². The van der Waals surface area contributed by atoms with Crippen molar-refractivity contribution in [2.45, 2.75) is 19.3 Å². The molecule has 8 aromatic rings. The van der Waals surface area contributed by atoms with Crippen LogP contribution in [0.25, 0.3) is 37.5 Å². The molecule has 0 bridgehead atoms. The van der Waals surface area contributed by atoms with Gasteiger partial charge in [0, 0.05) is 39.5 Å². The zero-order valence-corrected chi connectivity index (χ0v) is 28.6. The van der Waals surface area contributed by atoms with Gasteiger partial charge in [0.15, 0.2) is 0 Å². The van der Waals surface area contributed by atoms with Crippen LogP contribution in [0.15, 0.2) is 176 Å². The molecule has 8 aromatic carbocycles. The number of para-hydroxylation sites is 4. The molecule has 0 spiro atoms. The van der Waals surface area contributed by atoms with Crippen LogP contribution >= 0.6 is 0 Å². The minimum absolute atomic E-state index is 0.296. The molecule has 51 heavy (non-hydrogen) atoms.